The smallest absolute Gasteiger partial charge is 0.277 e. The Labute approximate surface area is 183 Å². The van der Waals surface area contributed by atoms with Gasteiger partial charge in [-0.15, -0.1) is 0 Å². The predicted octanol–water partition coefficient (Wildman–Crippen LogP) is 6.22. The maximum Gasteiger partial charge on any atom is 0.277 e. The van der Waals surface area contributed by atoms with E-state index in [0.29, 0.717) is 17.4 Å². The fourth-order valence-electron chi connectivity index (χ4n) is 5.03. The van der Waals surface area contributed by atoms with E-state index in [-0.39, 0.29) is 11.9 Å². The monoisotopic (exact) mass is 412 g/mol. The Balaban J connectivity index is 1.52. The third kappa shape index (κ3) is 4.07. The Morgan fingerprint density at radius 3 is 2.71 bits per heavy atom. The first-order valence-electron chi connectivity index (χ1n) is 11.3. The van der Waals surface area contributed by atoms with Crippen molar-refractivity contribution in [2.24, 2.45) is 5.92 Å². The first-order chi connectivity index (χ1) is 15.3. The number of rotatable bonds is 5. The van der Waals surface area contributed by atoms with Crippen LogP contribution >= 0.6 is 0 Å². The Morgan fingerprint density at radius 1 is 1.03 bits per heavy atom. The molecule has 0 unspecified atom stereocenters. The molecule has 0 bridgehead atoms. The van der Waals surface area contributed by atoms with Crippen LogP contribution in [0.15, 0.2) is 77.6 Å². The molecular weight excluding hydrogens is 384 g/mol. The van der Waals surface area contributed by atoms with Gasteiger partial charge in [-0.3, -0.25) is 4.79 Å². The number of fused-ring (bicyclic) bond motifs is 1. The lowest BCUT2D eigenvalue weighted by Crippen LogP contribution is -2.40. The number of carbonyl (C=O) groups is 1. The van der Waals surface area contributed by atoms with Crippen LogP contribution in [0.5, 0.6) is 0 Å². The van der Waals surface area contributed by atoms with Gasteiger partial charge in [0.25, 0.3) is 5.91 Å². The molecule has 0 spiro atoms. The van der Waals surface area contributed by atoms with E-state index in [9.17, 15) is 4.79 Å². The molecule has 0 N–H and O–H groups in total. The predicted molar refractivity (Wildman–Crippen MR) is 122 cm³/mol. The lowest BCUT2D eigenvalue weighted by molar-refractivity contribution is 0.0606. The lowest BCUT2D eigenvalue weighted by atomic mass is 9.85. The van der Waals surface area contributed by atoms with E-state index >= 15 is 0 Å². The second-order valence-electron chi connectivity index (χ2n) is 8.61. The summed E-state index contributed by atoms with van der Waals surface area (Å²) in [5.74, 6) is 1.02. The van der Waals surface area contributed by atoms with Gasteiger partial charge in [-0.2, -0.15) is 0 Å². The minimum absolute atomic E-state index is 0.0242. The van der Waals surface area contributed by atoms with Crippen LogP contribution in [0.4, 0.5) is 0 Å². The zero-order valence-corrected chi connectivity index (χ0v) is 17.7. The molecule has 2 aliphatic carbocycles. The van der Waals surface area contributed by atoms with E-state index in [1.54, 1.807) is 0 Å². The Morgan fingerprint density at radius 2 is 1.87 bits per heavy atom. The van der Waals surface area contributed by atoms with Gasteiger partial charge in [0.1, 0.15) is 0 Å². The highest BCUT2D eigenvalue weighted by molar-refractivity contribution is 5.98. The first-order valence-corrected chi connectivity index (χ1v) is 11.3. The Kier molecular flexibility index (Phi) is 5.70. The van der Waals surface area contributed by atoms with Crippen molar-refractivity contribution >= 4 is 5.91 Å². The minimum Gasteiger partial charge on any atom is -0.443 e. The van der Waals surface area contributed by atoms with Crippen molar-refractivity contribution in [3.05, 3.63) is 90.0 Å². The highest BCUT2D eigenvalue weighted by Crippen LogP contribution is 2.37. The average Bonchev–Trinajstić information content (AvgIpc) is 3.33. The van der Waals surface area contributed by atoms with E-state index in [0.717, 1.165) is 50.6 Å². The molecule has 2 atom stereocenters. The molecule has 0 fully saturated rings. The molecule has 2 aromatic carbocycles. The number of aromatic nitrogens is 1. The zero-order valence-electron chi connectivity index (χ0n) is 17.7. The van der Waals surface area contributed by atoms with Crippen LogP contribution in [-0.2, 0) is 6.42 Å². The third-order valence-electron chi connectivity index (χ3n) is 6.61. The lowest BCUT2D eigenvalue weighted by Gasteiger charge is -2.38. The number of hydrogen-bond donors (Lipinski definition) is 0. The maximum atomic E-state index is 14.0. The summed E-state index contributed by atoms with van der Waals surface area (Å²) in [6.07, 6.45) is 12.3. The molecule has 1 aromatic heterocycles. The van der Waals surface area contributed by atoms with Crippen molar-refractivity contribution in [2.75, 3.05) is 6.54 Å². The van der Waals surface area contributed by atoms with Gasteiger partial charge in [0.2, 0.25) is 0 Å². The largest absolute Gasteiger partial charge is 0.443 e. The molecule has 4 heteroatoms. The second kappa shape index (κ2) is 8.93. The summed E-state index contributed by atoms with van der Waals surface area (Å²) in [4.78, 5) is 20.4. The Hall–Kier alpha value is -3.14. The van der Waals surface area contributed by atoms with E-state index in [1.165, 1.54) is 17.5 Å². The van der Waals surface area contributed by atoms with E-state index in [1.807, 2.05) is 30.3 Å². The molecular formula is C27H28N2O2. The van der Waals surface area contributed by atoms with Crippen molar-refractivity contribution in [3.63, 3.8) is 0 Å². The van der Waals surface area contributed by atoms with Gasteiger partial charge in [-0.05, 0) is 55.6 Å². The van der Waals surface area contributed by atoms with Crippen molar-refractivity contribution in [1.82, 2.24) is 9.88 Å². The van der Waals surface area contributed by atoms with Crippen LogP contribution < -0.4 is 0 Å². The summed E-state index contributed by atoms with van der Waals surface area (Å²) in [6, 6.07) is 18.5. The van der Waals surface area contributed by atoms with Gasteiger partial charge in [-0.1, -0.05) is 66.7 Å². The quantitative estimate of drug-likeness (QED) is 0.468. The zero-order chi connectivity index (χ0) is 21.0. The second-order valence-corrected chi connectivity index (χ2v) is 8.61. The number of benzene rings is 2. The molecule has 1 amide bonds. The average molecular weight is 413 g/mol. The summed E-state index contributed by atoms with van der Waals surface area (Å²) in [5.41, 5.74) is 3.95. The van der Waals surface area contributed by atoms with Gasteiger partial charge in [-0.25, -0.2) is 4.98 Å². The van der Waals surface area contributed by atoms with Crippen LogP contribution in [-0.4, -0.2) is 22.3 Å². The van der Waals surface area contributed by atoms with Gasteiger partial charge in [0.15, 0.2) is 17.8 Å². The van der Waals surface area contributed by atoms with Crippen LogP contribution in [0.1, 0.15) is 59.8 Å². The number of carbonyl (C=O) groups excluding carboxylic acids is 1. The number of aryl methyl sites for hydroxylation is 1. The van der Waals surface area contributed by atoms with Crippen LogP contribution in [0, 0.1) is 5.92 Å². The third-order valence-corrected chi connectivity index (χ3v) is 6.61. The van der Waals surface area contributed by atoms with Crippen molar-refractivity contribution < 1.29 is 9.21 Å². The molecule has 4 nitrogen and oxygen atoms in total. The molecule has 5 rings (SSSR count). The van der Waals surface area contributed by atoms with Gasteiger partial charge >= 0.3 is 0 Å². The number of nitrogens with zero attached hydrogens (tertiary/aromatic N) is 2. The normalized spacial score (nSPS) is 20.3. The van der Waals surface area contributed by atoms with Crippen LogP contribution in [0.2, 0.25) is 0 Å². The fourth-order valence-corrected chi connectivity index (χ4v) is 5.03. The molecule has 31 heavy (non-hydrogen) atoms. The highest BCUT2D eigenvalue weighted by atomic mass is 16.3. The summed E-state index contributed by atoms with van der Waals surface area (Å²) >= 11 is 0. The summed E-state index contributed by atoms with van der Waals surface area (Å²) in [7, 11) is 0. The number of hydrogen-bond acceptors (Lipinski definition) is 3. The molecule has 3 aromatic rings. The first kappa shape index (κ1) is 19.8. The van der Waals surface area contributed by atoms with E-state index in [4.69, 9.17) is 4.42 Å². The summed E-state index contributed by atoms with van der Waals surface area (Å²) in [5, 5.41) is 0. The number of oxazole rings is 1. The molecule has 0 radical (unpaired) electrons. The van der Waals surface area contributed by atoms with Crippen LogP contribution in [0.25, 0.3) is 11.3 Å². The summed E-state index contributed by atoms with van der Waals surface area (Å²) in [6.45, 7) is 0.753. The molecule has 0 saturated heterocycles. The molecule has 0 aliphatic heterocycles. The molecule has 0 saturated carbocycles. The van der Waals surface area contributed by atoms with Gasteiger partial charge < -0.3 is 9.32 Å². The molecule has 158 valence electrons. The highest BCUT2D eigenvalue weighted by Gasteiger charge is 2.34. The van der Waals surface area contributed by atoms with Gasteiger partial charge in [0, 0.05) is 12.1 Å². The van der Waals surface area contributed by atoms with Crippen molar-refractivity contribution in [1.29, 1.82) is 0 Å². The standard InChI is InChI=1S/C27H28N2O2/c30-27(25-26(31-19-28-25)22-13-5-2-6-14-22)29(18-20-10-3-1-4-11-20)24-17-9-15-21-12-7-8-16-23(21)24/h1-3,5-8,12-14,16,19-20,24H,4,9-11,15,17-18H2/t20-,24-/m0/s1. The van der Waals surface area contributed by atoms with E-state index in [2.05, 4.69) is 46.3 Å². The minimum atomic E-state index is -0.0242. The van der Waals surface area contributed by atoms with Gasteiger partial charge in [0.05, 0.1) is 6.04 Å². The maximum absolute atomic E-state index is 14.0. The number of allylic oxidation sites excluding steroid dienone is 2. The SMILES string of the molecule is O=C(c1ncoc1-c1ccccc1)N(C[C@H]1CC=CCC1)[C@H]1CCCc2ccccc21. The van der Waals surface area contributed by atoms with Crippen molar-refractivity contribution in [2.45, 2.75) is 44.6 Å². The number of amides is 1. The summed E-state index contributed by atoms with van der Waals surface area (Å²) < 4.78 is 5.70. The van der Waals surface area contributed by atoms with Crippen LogP contribution in [0.3, 0.4) is 0 Å². The topological polar surface area (TPSA) is 46.3 Å². The fraction of sp³-hybridized carbons (Fsp3) is 0.333. The molecule has 2 aliphatic rings. The Bertz CT molecular complexity index is 1070. The molecule has 1 heterocycles. The van der Waals surface area contributed by atoms with E-state index < -0.39 is 0 Å². The van der Waals surface area contributed by atoms with Crippen molar-refractivity contribution in [3.8, 4) is 11.3 Å².